The van der Waals surface area contributed by atoms with Crippen LogP contribution in [0.3, 0.4) is 0 Å². The molecule has 0 fully saturated rings. The summed E-state index contributed by atoms with van der Waals surface area (Å²) >= 11 is 0. The molecule has 0 saturated carbocycles. The summed E-state index contributed by atoms with van der Waals surface area (Å²) in [6, 6.07) is 16.3. The standard InChI is InChI=1S/C22H21NO6/c1-26-18-11-16(12-19(27-2)21(18)28-3)22(25)29-13-20(24)23-17-9-8-14-6-4-5-7-15(14)10-17/h4-12H,13H2,1-3H3,(H,23,24). The molecule has 0 aromatic heterocycles. The maximum Gasteiger partial charge on any atom is 0.338 e. The van der Waals surface area contributed by atoms with Gasteiger partial charge in [-0.25, -0.2) is 4.79 Å². The van der Waals surface area contributed by atoms with Gasteiger partial charge in [-0.3, -0.25) is 4.79 Å². The molecule has 7 nitrogen and oxygen atoms in total. The molecule has 29 heavy (non-hydrogen) atoms. The number of carbonyl (C=O) groups is 2. The minimum atomic E-state index is -0.682. The number of benzene rings is 3. The Morgan fingerprint density at radius 2 is 1.48 bits per heavy atom. The Labute approximate surface area is 168 Å². The van der Waals surface area contributed by atoms with Crippen molar-refractivity contribution < 1.29 is 28.5 Å². The van der Waals surface area contributed by atoms with Crippen molar-refractivity contribution in [1.29, 1.82) is 0 Å². The van der Waals surface area contributed by atoms with E-state index in [4.69, 9.17) is 18.9 Å². The number of ether oxygens (including phenoxy) is 4. The fourth-order valence-electron chi connectivity index (χ4n) is 2.88. The Hall–Kier alpha value is -3.74. The monoisotopic (exact) mass is 395 g/mol. The number of hydrogen-bond donors (Lipinski definition) is 1. The van der Waals surface area contributed by atoms with Crippen LogP contribution in [0.2, 0.25) is 0 Å². The van der Waals surface area contributed by atoms with Crippen LogP contribution in [0.4, 0.5) is 5.69 Å². The fourth-order valence-corrected chi connectivity index (χ4v) is 2.88. The minimum Gasteiger partial charge on any atom is -0.493 e. The van der Waals surface area contributed by atoms with Gasteiger partial charge in [0.1, 0.15) is 0 Å². The van der Waals surface area contributed by atoms with Gasteiger partial charge in [0.15, 0.2) is 18.1 Å². The number of anilines is 1. The summed E-state index contributed by atoms with van der Waals surface area (Å²) in [5.74, 6) is -0.126. The van der Waals surface area contributed by atoms with Gasteiger partial charge in [0.25, 0.3) is 5.91 Å². The van der Waals surface area contributed by atoms with Gasteiger partial charge in [0, 0.05) is 5.69 Å². The Morgan fingerprint density at radius 3 is 2.10 bits per heavy atom. The summed E-state index contributed by atoms with van der Waals surface area (Å²) < 4.78 is 20.8. The third kappa shape index (κ3) is 4.57. The summed E-state index contributed by atoms with van der Waals surface area (Å²) in [6.07, 6.45) is 0. The SMILES string of the molecule is COc1cc(C(=O)OCC(=O)Nc2ccc3ccccc3c2)cc(OC)c1OC. The molecule has 3 aromatic rings. The molecule has 7 heteroatoms. The van der Waals surface area contributed by atoms with Gasteiger partial charge in [-0.15, -0.1) is 0 Å². The minimum absolute atomic E-state index is 0.179. The number of hydrogen-bond acceptors (Lipinski definition) is 6. The summed E-state index contributed by atoms with van der Waals surface area (Å²) in [5, 5.41) is 4.79. The van der Waals surface area contributed by atoms with Crippen LogP contribution in [0.25, 0.3) is 10.8 Å². The first-order valence-electron chi connectivity index (χ1n) is 8.81. The molecule has 1 amide bonds. The summed E-state index contributed by atoms with van der Waals surface area (Å²) in [5.41, 5.74) is 0.801. The largest absolute Gasteiger partial charge is 0.493 e. The average Bonchev–Trinajstić information content (AvgIpc) is 2.76. The van der Waals surface area contributed by atoms with Gasteiger partial charge in [-0.2, -0.15) is 0 Å². The van der Waals surface area contributed by atoms with Crippen LogP contribution in [-0.2, 0) is 9.53 Å². The molecule has 1 N–H and O–H groups in total. The maximum absolute atomic E-state index is 12.4. The van der Waals surface area contributed by atoms with Gasteiger partial charge in [-0.05, 0) is 35.0 Å². The molecule has 0 aliphatic rings. The van der Waals surface area contributed by atoms with E-state index in [0.29, 0.717) is 22.9 Å². The third-order valence-corrected chi connectivity index (χ3v) is 4.27. The van der Waals surface area contributed by atoms with Crippen molar-refractivity contribution in [1.82, 2.24) is 0 Å². The van der Waals surface area contributed by atoms with Gasteiger partial charge >= 0.3 is 5.97 Å². The lowest BCUT2D eigenvalue weighted by Crippen LogP contribution is -2.21. The second-order valence-electron chi connectivity index (χ2n) is 6.10. The Kier molecular flexibility index (Phi) is 6.19. The number of carbonyl (C=O) groups excluding carboxylic acids is 2. The molecule has 0 saturated heterocycles. The molecular formula is C22H21NO6. The normalized spacial score (nSPS) is 10.3. The highest BCUT2D eigenvalue weighted by Crippen LogP contribution is 2.38. The fraction of sp³-hybridized carbons (Fsp3) is 0.182. The topological polar surface area (TPSA) is 83.1 Å². The molecule has 0 atom stereocenters. The zero-order valence-electron chi connectivity index (χ0n) is 16.4. The Balaban J connectivity index is 1.65. The number of nitrogens with one attached hydrogen (secondary N) is 1. The van der Waals surface area contributed by atoms with Crippen molar-refractivity contribution in [2.45, 2.75) is 0 Å². The first-order valence-corrected chi connectivity index (χ1v) is 8.81. The van der Waals surface area contributed by atoms with Gasteiger partial charge < -0.3 is 24.3 Å². The molecule has 150 valence electrons. The molecule has 0 spiro atoms. The summed E-state index contributed by atoms with van der Waals surface area (Å²) in [4.78, 5) is 24.5. The summed E-state index contributed by atoms with van der Waals surface area (Å²) in [7, 11) is 4.36. The van der Waals surface area contributed by atoms with E-state index in [0.717, 1.165) is 10.8 Å². The van der Waals surface area contributed by atoms with E-state index in [-0.39, 0.29) is 5.56 Å². The van der Waals surface area contributed by atoms with E-state index >= 15 is 0 Å². The predicted molar refractivity (Wildman–Crippen MR) is 109 cm³/mol. The number of rotatable bonds is 7. The van der Waals surface area contributed by atoms with E-state index < -0.39 is 18.5 Å². The maximum atomic E-state index is 12.4. The Morgan fingerprint density at radius 1 is 0.828 bits per heavy atom. The first-order chi connectivity index (χ1) is 14.0. The van der Waals surface area contributed by atoms with Crippen LogP contribution in [0.15, 0.2) is 54.6 Å². The van der Waals surface area contributed by atoms with Crippen LogP contribution >= 0.6 is 0 Å². The zero-order chi connectivity index (χ0) is 20.8. The number of fused-ring (bicyclic) bond motifs is 1. The summed E-state index contributed by atoms with van der Waals surface area (Å²) in [6.45, 7) is -0.428. The van der Waals surface area contributed by atoms with Crippen LogP contribution in [0.5, 0.6) is 17.2 Å². The first kappa shape index (κ1) is 20.0. The zero-order valence-corrected chi connectivity index (χ0v) is 16.4. The molecule has 0 unspecified atom stereocenters. The number of methoxy groups -OCH3 is 3. The highest BCUT2D eigenvalue weighted by molar-refractivity contribution is 5.97. The van der Waals surface area contributed by atoms with E-state index in [1.54, 1.807) is 6.07 Å². The molecule has 3 rings (SSSR count). The average molecular weight is 395 g/mol. The Bertz CT molecular complexity index is 1020. The molecule has 0 heterocycles. The van der Waals surface area contributed by atoms with E-state index in [9.17, 15) is 9.59 Å². The highest BCUT2D eigenvalue weighted by atomic mass is 16.5. The predicted octanol–water partition coefficient (Wildman–Crippen LogP) is 3.66. The number of amides is 1. The van der Waals surface area contributed by atoms with Crippen molar-refractivity contribution in [2.24, 2.45) is 0 Å². The van der Waals surface area contributed by atoms with E-state index in [2.05, 4.69) is 5.32 Å². The van der Waals surface area contributed by atoms with Crippen LogP contribution in [-0.4, -0.2) is 39.8 Å². The molecule has 0 radical (unpaired) electrons. The molecule has 0 bridgehead atoms. The smallest absolute Gasteiger partial charge is 0.338 e. The van der Waals surface area contributed by atoms with Crippen molar-refractivity contribution in [3.8, 4) is 17.2 Å². The van der Waals surface area contributed by atoms with Crippen molar-refractivity contribution >= 4 is 28.3 Å². The van der Waals surface area contributed by atoms with Gasteiger partial charge in [-0.1, -0.05) is 30.3 Å². The van der Waals surface area contributed by atoms with Crippen LogP contribution in [0, 0.1) is 0 Å². The third-order valence-electron chi connectivity index (χ3n) is 4.27. The quantitative estimate of drug-likeness (QED) is 0.615. The van der Waals surface area contributed by atoms with E-state index in [1.807, 2.05) is 36.4 Å². The highest BCUT2D eigenvalue weighted by Gasteiger charge is 2.18. The van der Waals surface area contributed by atoms with E-state index in [1.165, 1.54) is 33.5 Å². The van der Waals surface area contributed by atoms with Gasteiger partial charge in [0.05, 0.1) is 26.9 Å². The van der Waals surface area contributed by atoms with Crippen molar-refractivity contribution in [2.75, 3.05) is 33.3 Å². The second kappa shape index (κ2) is 8.97. The lowest BCUT2D eigenvalue weighted by molar-refractivity contribution is -0.119. The van der Waals surface area contributed by atoms with Gasteiger partial charge in [0.2, 0.25) is 5.75 Å². The molecular weight excluding hydrogens is 374 g/mol. The lowest BCUT2D eigenvalue weighted by atomic mass is 10.1. The van der Waals surface area contributed by atoms with Crippen molar-refractivity contribution in [3.63, 3.8) is 0 Å². The van der Waals surface area contributed by atoms with Crippen LogP contribution < -0.4 is 19.5 Å². The van der Waals surface area contributed by atoms with Crippen molar-refractivity contribution in [3.05, 3.63) is 60.2 Å². The molecule has 0 aliphatic heterocycles. The number of esters is 1. The van der Waals surface area contributed by atoms with Crippen LogP contribution in [0.1, 0.15) is 10.4 Å². The molecule has 3 aromatic carbocycles. The molecule has 0 aliphatic carbocycles. The second-order valence-corrected chi connectivity index (χ2v) is 6.10. The lowest BCUT2D eigenvalue weighted by Gasteiger charge is -2.13.